The number of rotatable bonds is 5. The zero-order valence-electron chi connectivity index (χ0n) is 17.4. The number of halogens is 2. The van der Waals surface area contributed by atoms with Crippen LogP contribution in [0.3, 0.4) is 0 Å². The van der Waals surface area contributed by atoms with Crippen LogP contribution in [0.2, 0.25) is 0 Å². The van der Waals surface area contributed by atoms with E-state index >= 15 is 4.39 Å². The number of fused-ring (bicyclic) bond motifs is 2. The van der Waals surface area contributed by atoms with E-state index < -0.39 is 24.6 Å². The zero-order valence-corrected chi connectivity index (χ0v) is 19.0. The second-order valence-electron chi connectivity index (χ2n) is 7.66. The number of hydrogen-bond donors (Lipinski definition) is 4. The molecule has 0 aliphatic carbocycles. The summed E-state index contributed by atoms with van der Waals surface area (Å²) in [4.78, 5) is 12.6. The summed E-state index contributed by atoms with van der Waals surface area (Å²) in [6, 6.07) is 9.27. The van der Waals surface area contributed by atoms with Crippen LogP contribution in [0.25, 0.3) is 21.9 Å². The van der Waals surface area contributed by atoms with Gasteiger partial charge in [0.25, 0.3) is 0 Å². The molecule has 3 aromatic heterocycles. The van der Waals surface area contributed by atoms with Gasteiger partial charge >= 0.3 is 0 Å². The van der Waals surface area contributed by atoms with Crippen LogP contribution in [-0.2, 0) is 4.74 Å². The lowest BCUT2D eigenvalue weighted by Gasteiger charge is -2.17. The average Bonchev–Trinajstić information content (AvgIpc) is 3.27. The summed E-state index contributed by atoms with van der Waals surface area (Å²) < 4.78 is 28.7. The van der Waals surface area contributed by atoms with Gasteiger partial charge < -0.3 is 35.9 Å². The number of hydrogen-bond acceptors (Lipinski definition) is 9. The minimum atomic E-state index is -1.73. The highest BCUT2D eigenvalue weighted by molar-refractivity contribution is 9.10. The van der Waals surface area contributed by atoms with Crippen LogP contribution in [-0.4, -0.2) is 56.7 Å². The molecule has 4 heterocycles. The zero-order chi connectivity index (χ0) is 23.3. The fourth-order valence-corrected chi connectivity index (χ4v) is 4.51. The number of ether oxygens (including phenoxy) is 2. The standard InChI is InChI=1S/C21H21BrFN7O3/c1-26-14-5-3-9-2-4-10(6-12(9)27-14)32-8-13-17(31)16(23)20(33-13)30-7-11(22)15-18(24)28-21(25)29-19(15)30/h2-7,13,16-17,20,31H,8H2,1H3,(H,26,27)(H4,24,25,28,29)/t13-,16+,17-,20-/m1/s1. The van der Waals surface area contributed by atoms with Crippen molar-refractivity contribution in [1.29, 1.82) is 0 Å². The van der Waals surface area contributed by atoms with Gasteiger partial charge in [-0.05, 0) is 40.2 Å². The molecular weight excluding hydrogens is 497 g/mol. The average molecular weight is 518 g/mol. The molecule has 12 heteroatoms. The third-order valence-corrected chi connectivity index (χ3v) is 6.17. The van der Waals surface area contributed by atoms with E-state index in [4.69, 9.17) is 20.9 Å². The van der Waals surface area contributed by atoms with Crippen molar-refractivity contribution >= 4 is 55.5 Å². The fourth-order valence-electron chi connectivity index (χ4n) is 3.91. The van der Waals surface area contributed by atoms with Crippen LogP contribution in [0.15, 0.2) is 41.0 Å². The number of pyridine rings is 1. The van der Waals surface area contributed by atoms with Crippen LogP contribution in [0.4, 0.5) is 22.0 Å². The van der Waals surface area contributed by atoms with Crippen molar-refractivity contribution in [2.45, 2.75) is 24.6 Å². The SMILES string of the molecule is CNc1ccc2ccc(OC[C@H]3O[C@@H](n4cc(Br)c5c(N)nc(N)nc54)[C@@H](F)[C@@H]3O)cc2n1. The minimum Gasteiger partial charge on any atom is -0.491 e. The van der Waals surface area contributed by atoms with Crippen LogP contribution < -0.4 is 21.5 Å². The summed E-state index contributed by atoms with van der Waals surface area (Å²) in [5.74, 6) is 1.36. The molecule has 1 aromatic carbocycles. The van der Waals surface area contributed by atoms with E-state index in [0.29, 0.717) is 21.3 Å². The van der Waals surface area contributed by atoms with Crippen molar-refractivity contribution in [1.82, 2.24) is 19.5 Å². The summed E-state index contributed by atoms with van der Waals surface area (Å²) in [6.07, 6.45) is -3.61. The minimum absolute atomic E-state index is 0.0490. The number of benzene rings is 1. The predicted molar refractivity (Wildman–Crippen MR) is 126 cm³/mol. The summed E-state index contributed by atoms with van der Waals surface area (Å²) in [5, 5.41) is 14.9. The summed E-state index contributed by atoms with van der Waals surface area (Å²) in [5.41, 5.74) is 12.7. The first-order valence-electron chi connectivity index (χ1n) is 10.1. The molecule has 0 spiro atoms. The van der Waals surface area contributed by atoms with Gasteiger partial charge in [0.1, 0.15) is 36.2 Å². The molecule has 4 atom stereocenters. The third-order valence-electron chi connectivity index (χ3n) is 5.57. The van der Waals surface area contributed by atoms with Gasteiger partial charge in [-0.3, -0.25) is 0 Å². The Kier molecular flexibility index (Phi) is 5.43. The van der Waals surface area contributed by atoms with Crippen LogP contribution in [0, 0.1) is 0 Å². The highest BCUT2D eigenvalue weighted by Gasteiger charge is 2.46. The van der Waals surface area contributed by atoms with Gasteiger partial charge in [0, 0.05) is 29.2 Å². The van der Waals surface area contributed by atoms with Crippen molar-refractivity contribution in [3.63, 3.8) is 0 Å². The third kappa shape index (κ3) is 3.79. The van der Waals surface area contributed by atoms with E-state index in [-0.39, 0.29) is 18.4 Å². The van der Waals surface area contributed by atoms with Crippen LogP contribution in [0.1, 0.15) is 6.23 Å². The molecule has 6 N–H and O–H groups in total. The molecule has 0 bridgehead atoms. The lowest BCUT2D eigenvalue weighted by molar-refractivity contribution is -0.0410. The first-order valence-corrected chi connectivity index (χ1v) is 10.9. The van der Waals surface area contributed by atoms with Gasteiger partial charge in [0.15, 0.2) is 18.0 Å². The highest BCUT2D eigenvalue weighted by Crippen LogP contribution is 2.38. The summed E-state index contributed by atoms with van der Waals surface area (Å²) >= 11 is 3.38. The number of anilines is 3. The highest BCUT2D eigenvalue weighted by atomic mass is 79.9. The number of alkyl halides is 1. The van der Waals surface area contributed by atoms with E-state index in [1.807, 2.05) is 18.2 Å². The lowest BCUT2D eigenvalue weighted by Crippen LogP contribution is -2.32. The topological polar surface area (TPSA) is 146 Å². The van der Waals surface area contributed by atoms with E-state index in [1.54, 1.807) is 25.4 Å². The van der Waals surface area contributed by atoms with Gasteiger partial charge in [-0.2, -0.15) is 9.97 Å². The Labute approximate surface area is 195 Å². The van der Waals surface area contributed by atoms with E-state index in [1.165, 1.54) is 4.57 Å². The van der Waals surface area contributed by atoms with Gasteiger partial charge in [-0.15, -0.1) is 0 Å². The molecule has 0 amide bonds. The number of nitrogens with two attached hydrogens (primary N) is 2. The number of aliphatic hydroxyl groups excluding tert-OH is 1. The monoisotopic (exact) mass is 517 g/mol. The van der Waals surface area contributed by atoms with Crippen molar-refractivity contribution in [3.05, 3.63) is 41.0 Å². The molecule has 1 aliphatic heterocycles. The smallest absolute Gasteiger partial charge is 0.223 e. The number of nitrogens with one attached hydrogen (secondary N) is 1. The van der Waals surface area contributed by atoms with Crippen molar-refractivity contribution < 1.29 is 19.0 Å². The van der Waals surface area contributed by atoms with E-state index in [2.05, 4.69) is 36.2 Å². The Hall–Kier alpha value is -3.22. The molecule has 0 unspecified atom stereocenters. The Bertz CT molecular complexity index is 1350. The molecular formula is C21H21BrFN7O3. The van der Waals surface area contributed by atoms with Crippen LogP contribution >= 0.6 is 15.9 Å². The molecule has 172 valence electrons. The fraction of sp³-hybridized carbons (Fsp3) is 0.286. The molecule has 33 heavy (non-hydrogen) atoms. The molecule has 1 saturated heterocycles. The van der Waals surface area contributed by atoms with Gasteiger partial charge in [-0.25, -0.2) is 9.37 Å². The molecule has 1 fully saturated rings. The molecule has 1 aliphatic rings. The van der Waals surface area contributed by atoms with Gasteiger partial charge in [0.2, 0.25) is 5.95 Å². The van der Waals surface area contributed by atoms with Crippen LogP contribution in [0.5, 0.6) is 5.75 Å². The van der Waals surface area contributed by atoms with Gasteiger partial charge in [-0.1, -0.05) is 0 Å². The summed E-state index contributed by atoms with van der Waals surface area (Å²) in [6.45, 7) is -0.0606. The van der Waals surface area contributed by atoms with E-state index in [0.717, 1.165) is 16.7 Å². The van der Waals surface area contributed by atoms with Gasteiger partial charge in [0.05, 0.1) is 10.9 Å². The Morgan fingerprint density at radius 1 is 1.24 bits per heavy atom. The van der Waals surface area contributed by atoms with E-state index in [9.17, 15) is 5.11 Å². The second-order valence-corrected chi connectivity index (χ2v) is 8.52. The molecule has 0 radical (unpaired) electrons. The molecule has 5 rings (SSSR count). The maximum absolute atomic E-state index is 15.1. The van der Waals surface area contributed by atoms with Crippen molar-refractivity contribution in [2.75, 3.05) is 30.4 Å². The number of aliphatic hydroxyl groups is 1. The maximum atomic E-state index is 15.1. The Balaban J connectivity index is 1.37. The first kappa shape index (κ1) is 21.6. The molecule has 0 saturated carbocycles. The predicted octanol–water partition coefficient (Wildman–Crippen LogP) is 2.62. The normalized spacial score (nSPS) is 22.8. The Morgan fingerprint density at radius 2 is 2.03 bits per heavy atom. The first-order chi connectivity index (χ1) is 15.9. The lowest BCUT2D eigenvalue weighted by atomic mass is 10.1. The number of aromatic nitrogens is 4. The second kappa shape index (κ2) is 8.28. The number of nitrogens with zero attached hydrogens (tertiary/aromatic N) is 4. The summed E-state index contributed by atoms with van der Waals surface area (Å²) in [7, 11) is 1.79. The molecule has 10 nitrogen and oxygen atoms in total. The number of nitrogen functional groups attached to an aromatic ring is 2. The van der Waals surface area contributed by atoms with Crippen molar-refractivity contribution in [2.24, 2.45) is 0 Å². The Morgan fingerprint density at radius 3 is 2.82 bits per heavy atom. The largest absolute Gasteiger partial charge is 0.491 e. The quantitative estimate of drug-likeness (QED) is 0.313. The maximum Gasteiger partial charge on any atom is 0.223 e. The molecule has 4 aromatic rings. The van der Waals surface area contributed by atoms with Crippen molar-refractivity contribution in [3.8, 4) is 5.75 Å².